The van der Waals surface area contributed by atoms with Crippen LogP contribution in [0.15, 0.2) is 121 Å². The Kier molecular flexibility index (Phi) is 5.01. The van der Waals surface area contributed by atoms with Crippen LogP contribution in [0.4, 0.5) is 4.79 Å². The molecule has 4 aromatic carbocycles. The fourth-order valence-corrected chi connectivity index (χ4v) is 4.53. The van der Waals surface area contributed by atoms with Gasteiger partial charge in [-0.1, -0.05) is 121 Å². The van der Waals surface area contributed by atoms with Gasteiger partial charge in [-0.2, -0.15) is 0 Å². The zero-order valence-electron chi connectivity index (χ0n) is 17.1. The minimum atomic E-state index is -0.949. The van der Waals surface area contributed by atoms with Crippen LogP contribution < -0.4 is 0 Å². The van der Waals surface area contributed by atoms with E-state index in [1.165, 1.54) is 0 Å². The van der Waals surface area contributed by atoms with Crippen molar-refractivity contribution in [2.24, 2.45) is 0 Å². The molecule has 0 spiro atoms. The summed E-state index contributed by atoms with van der Waals surface area (Å²) in [5.74, 6) is 0. The van der Waals surface area contributed by atoms with E-state index >= 15 is 0 Å². The molecule has 1 heterocycles. The van der Waals surface area contributed by atoms with Crippen LogP contribution in [-0.4, -0.2) is 11.0 Å². The Hall–Kier alpha value is -3.85. The molecule has 0 radical (unpaired) electrons. The third kappa shape index (κ3) is 3.38. The second kappa shape index (κ2) is 8.11. The van der Waals surface area contributed by atoms with E-state index in [1.807, 2.05) is 114 Å². The lowest BCUT2D eigenvalue weighted by Gasteiger charge is -2.36. The Labute approximate surface area is 182 Å². The number of amides is 1. The van der Waals surface area contributed by atoms with Crippen molar-refractivity contribution in [1.82, 2.24) is 4.90 Å². The lowest BCUT2D eigenvalue weighted by Crippen LogP contribution is -2.37. The summed E-state index contributed by atoms with van der Waals surface area (Å²) < 4.78 is 6.36. The molecule has 1 aliphatic rings. The molecular weight excluding hydrogens is 382 g/mol. The number of carbonyl (C=O) groups is 1. The lowest BCUT2D eigenvalue weighted by molar-refractivity contribution is 0.0672. The van der Waals surface area contributed by atoms with Crippen LogP contribution in [0.3, 0.4) is 0 Å². The zero-order valence-corrected chi connectivity index (χ0v) is 17.1. The molecule has 31 heavy (non-hydrogen) atoms. The Bertz CT molecular complexity index is 1110. The van der Waals surface area contributed by atoms with Crippen LogP contribution in [0.25, 0.3) is 0 Å². The second-order valence-electron chi connectivity index (χ2n) is 7.76. The SMILES string of the molecule is O=C1OC(c2ccccc2)(c2ccccc2)[C@@H](c2ccccc2)N1Cc1ccccc1. The van der Waals surface area contributed by atoms with E-state index in [0.717, 1.165) is 22.3 Å². The summed E-state index contributed by atoms with van der Waals surface area (Å²) in [5, 5.41) is 0. The van der Waals surface area contributed by atoms with Crippen LogP contribution in [0, 0.1) is 0 Å². The van der Waals surface area contributed by atoms with E-state index in [0.29, 0.717) is 6.54 Å². The lowest BCUT2D eigenvalue weighted by atomic mass is 9.77. The summed E-state index contributed by atoms with van der Waals surface area (Å²) in [4.78, 5) is 15.3. The van der Waals surface area contributed by atoms with E-state index in [9.17, 15) is 4.79 Å². The first-order valence-electron chi connectivity index (χ1n) is 10.5. The highest BCUT2D eigenvalue weighted by Crippen LogP contribution is 2.52. The number of rotatable bonds is 5. The fraction of sp³-hybridized carbons (Fsp3) is 0.107. The second-order valence-corrected chi connectivity index (χ2v) is 7.76. The Morgan fingerprint density at radius 1 is 0.645 bits per heavy atom. The molecule has 0 N–H and O–H groups in total. The molecule has 152 valence electrons. The van der Waals surface area contributed by atoms with Gasteiger partial charge in [0.25, 0.3) is 0 Å². The number of ether oxygens (including phenoxy) is 1. The Balaban J connectivity index is 1.73. The first kappa shape index (κ1) is 19.1. The van der Waals surface area contributed by atoms with Gasteiger partial charge in [0.2, 0.25) is 0 Å². The highest BCUT2D eigenvalue weighted by molar-refractivity contribution is 5.74. The number of carbonyl (C=O) groups excluding carboxylic acids is 1. The number of hydrogen-bond acceptors (Lipinski definition) is 2. The van der Waals surface area contributed by atoms with Gasteiger partial charge in [-0.05, 0) is 11.1 Å². The summed E-state index contributed by atoms with van der Waals surface area (Å²) >= 11 is 0. The summed E-state index contributed by atoms with van der Waals surface area (Å²) in [7, 11) is 0. The smallest absolute Gasteiger partial charge is 0.412 e. The van der Waals surface area contributed by atoms with Gasteiger partial charge in [-0.15, -0.1) is 0 Å². The van der Waals surface area contributed by atoms with E-state index in [4.69, 9.17) is 4.74 Å². The van der Waals surface area contributed by atoms with Crippen molar-refractivity contribution in [1.29, 1.82) is 0 Å². The molecule has 4 aromatic rings. The topological polar surface area (TPSA) is 29.5 Å². The van der Waals surface area contributed by atoms with Gasteiger partial charge >= 0.3 is 6.09 Å². The molecule has 0 aromatic heterocycles. The largest absolute Gasteiger partial charge is 0.430 e. The molecule has 0 saturated carbocycles. The van der Waals surface area contributed by atoms with Gasteiger partial charge in [0.1, 0.15) is 6.04 Å². The Morgan fingerprint density at radius 2 is 1.10 bits per heavy atom. The minimum absolute atomic E-state index is 0.314. The monoisotopic (exact) mass is 405 g/mol. The van der Waals surface area contributed by atoms with Crippen molar-refractivity contribution in [3.63, 3.8) is 0 Å². The van der Waals surface area contributed by atoms with Gasteiger partial charge in [0.05, 0.1) is 0 Å². The van der Waals surface area contributed by atoms with E-state index < -0.39 is 5.60 Å². The van der Waals surface area contributed by atoms with Crippen molar-refractivity contribution >= 4 is 6.09 Å². The molecule has 5 rings (SSSR count). The molecule has 0 bridgehead atoms. The number of nitrogens with zero attached hydrogens (tertiary/aromatic N) is 1. The number of cyclic esters (lactones) is 1. The minimum Gasteiger partial charge on any atom is -0.430 e. The molecule has 0 unspecified atom stereocenters. The van der Waals surface area contributed by atoms with Gasteiger partial charge in [-0.25, -0.2) is 4.79 Å². The first-order chi connectivity index (χ1) is 15.3. The maximum atomic E-state index is 13.4. The summed E-state index contributed by atoms with van der Waals surface area (Å²) in [6.45, 7) is 0.473. The third-order valence-electron chi connectivity index (χ3n) is 5.90. The molecule has 0 aliphatic carbocycles. The van der Waals surface area contributed by atoms with Crippen LogP contribution in [0.5, 0.6) is 0 Å². The van der Waals surface area contributed by atoms with E-state index in [2.05, 4.69) is 12.1 Å². The van der Waals surface area contributed by atoms with Gasteiger partial charge in [0, 0.05) is 17.7 Å². The highest BCUT2D eigenvalue weighted by Gasteiger charge is 2.56. The normalized spacial score (nSPS) is 17.4. The van der Waals surface area contributed by atoms with Gasteiger partial charge < -0.3 is 4.74 Å². The van der Waals surface area contributed by atoms with E-state index in [1.54, 1.807) is 0 Å². The molecule has 3 heteroatoms. The molecule has 1 saturated heterocycles. The van der Waals surface area contributed by atoms with Gasteiger partial charge in [-0.3, -0.25) is 4.90 Å². The van der Waals surface area contributed by atoms with Crippen molar-refractivity contribution in [3.8, 4) is 0 Å². The van der Waals surface area contributed by atoms with Crippen molar-refractivity contribution < 1.29 is 9.53 Å². The molecule has 3 nitrogen and oxygen atoms in total. The molecule has 1 aliphatic heterocycles. The third-order valence-corrected chi connectivity index (χ3v) is 5.90. The van der Waals surface area contributed by atoms with Crippen LogP contribution in [-0.2, 0) is 16.9 Å². The summed E-state index contributed by atoms with van der Waals surface area (Å²) in [5.41, 5.74) is 3.07. The van der Waals surface area contributed by atoms with Gasteiger partial charge in [0.15, 0.2) is 5.60 Å². The van der Waals surface area contributed by atoms with Crippen LogP contribution in [0.1, 0.15) is 28.3 Å². The molecular formula is C28H23NO2. The predicted octanol–water partition coefficient (Wildman–Crippen LogP) is 6.32. The Morgan fingerprint density at radius 3 is 1.61 bits per heavy atom. The fourth-order valence-electron chi connectivity index (χ4n) is 4.53. The maximum Gasteiger partial charge on any atom is 0.412 e. The predicted molar refractivity (Wildman–Crippen MR) is 121 cm³/mol. The van der Waals surface area contributed by atoms with Crippen molar-refractivity contribution in [3.05, 3.63) is 144 Å². The van der Waals surface area contributed by atoms with Crippen LogP contribution in [0.2, 0.25) is 0 Å². The first-order valence-corrected chi connectivity index (χ1v) is 10.5. The zero-order chi connectivity index (χ0) is 21.1. The quantitative estimate of drug-likeness (QED) is 0.389. The van der Waals surface area contributed by atoms with E-state index in [-0.39, 0.29) is 12.1 Å². The van der Waals surface area contributed by atoms with Crippen molar-refractivity contribution in [2.75, 3.05) is 0 Å². The number of benzene rings is 4. The maximum absolute atomic E-state index is 13.4. The molecule has 1 fully saturated rings. The number of hydrogen-bond donors (Lipinski definition) is 0. The summed E-state index contributed by atoms with van der Waals surface area (Å²) in [6.07, 6.45) is -0.314. The average molecular weight is 405 g/mol. The standard InChI is InChI=1S/C28H23NO2/c30-27-29(21-22-13-5-1-6-14-22)26(23-15-7-2-8-16-23)28(31-27,24-17-9-3-10-18-24)25-19-11-4-12-20-25/h1-20,26H,21H2/t26-/m1/s1. The van der Waals surface area contributed by atoms with Crippen LogP contribution >= 0.6 is 0 Å². The molecule has 1 atom stereocenters. The summed E-state index contributed by atoms with van der Waals surface area (Å²) in [6, 6.07) is 40.0. The molecule has 1 amide bonds. The highest BCUT2D eigenvalue weighted by atomic mass is 16.6. The van der Waals surface area contributed by atoms with Crippen molar-refractivity contribution in [2.45, 2.75) is 18.2 Å². The average Bonchev–Trinajstić information content (AvgIpc) is 3.14.